The lowest BCUT2D eigenvalue weighted by molar-refractivity contribution is -0.127. The summed E-state index contributed by atoms with van der Waals surface area (Å²) in [7, 11) is 6.54. The Hall–Kier alpha value is -5.17. The van der Waals surface area contributed by atoms with Gasteiger partial charge in [-0.05, 0) is 96.3 Å². The average Bonchev–Trinajstić information content (AvgIpc) is 3.69. The largest absolute Gasteiger partial charge is 0.385 e. The molecule has 2 unspecified atom stereocenters. The van der Waals surface area contributed by atoms with Gasteiger partial charge < -0.3 is 95.2 Å². The van der Waals surface area contributed by atoms with Crippen LogP contribution < -0.4 is 47.9 Å². The summed E-state index contributed by atoms with van der Waals surface area (Å²) in [4.78, 5) is 113. The van der Waals surface area contributed by atoms with E-state index in [9.17, 15) is 43.2 Å². The van der Waals surface area contributed by atoms with Gasteiger partial charge in [0.05, 0.1) is 59.5 Å². The van der Waals surface area contributed by atoms with E-state index >= 15 is 0 Å². The first-order chi connectivity index (χ1) is 43.3. The van der Waals surface area contributed by atoms with Crippen LogP contribution in [0.15, 0.2) is 0 Å². The minimum absolute atomic E-state index is 0.0321. The van der Waals surface area contributed by atoms with Crippen molar-refractivity contribution in [3.05, 3.63) is 0 Å². The highest BCUT2D eigenvalue weighted by Gasteiger charge is 2.21. The Morgan fingerprint density at radius 2 is 0.539 bits per heavy atom. The summed E-state index contributed by atoms with van der Waals surface area (Å²) < 4.78 is 52.8. The predicted molar refractivity (Wildman–Crippen MR) is 334 cm³/mol. The summed E-state index contributed by atoms with van der Waals surface area (Å²) in [6, 6.07) is -1.12. The number of hydrogen-bond donors (Lipinski definition) is 9. The Bertz CT molecular complexity index is 1810. The molecule has 0 fully saturated rings. The van der Waals surface area contributed by atoms with E-state index in [1.54, 1.807) is 28.4 Å². The fourth-order valence-corrected chi connectivity index (χ4v) is 8.43. The SMILES string of the molecule is COCCCCCCNC(=O)CC(CCCCNC(=O)COCCOCCNC(=O)CCCCOC)NC(=O)CC(CCCCNC(=O)COCCOCCNC(=O)CCCCOC)NC(=O)CCCNC(=O)COCCOCCNC(=O)CCCCOC. The second kappa shape index (κ2) is 64.4. The molecular weight excluding hydrogens is 1160 g/mol. The number of nitrogens with one attached hydrogen (secondary N) is 9. The Kier molecular flexibility index (Phi) is 60.6. The third-order valence-electron chi connectivity index (χ3n) is 13.2. The number of carbonyl (C=O) groups excluding carboxylic acids is 9. The van der Waals surface area contributed by atoms with E-state index in [0.29, 0.717) is 150 Å². The van der Waals surface area contributed by atoms with Crippen LogP contribution in [0.25, 0.3) is 0 Å². The van der Waals surface area contributed by atoms with Crippen LogP contribution in [0.1, 0.15) is 148 Å². The molecule has 0 aromatic heterocycles. The molecule has 2 atom stereocenters. The Balaban J connectivity index is 5.28. The van der Waals surface area contributed by atoms with Gasteiger partial charge in [0.15, 0.2) is 0 Å². The normalized spacial score (nSPS) is 11.7. The Morgan fingerprint density at radius 3 is 0.933 bits per heavy atom. The highest BCUT2D eigenvalue weighted by atomic mass is 16.5. The van der Waals surface area contributed by atoms with Crippen molar-refractivity contribution >= 4 is 53.2 Å². The lowest BCUT2D eigenvalue weighted by Crippen LogP contribution is -2.43. The monoisotopic (exact) mass is 1280 g/mol. The molecule has 28 heteroatoms. The minimum atomic E-state index is -0.589. The number of amides is 9. The molecule has 9 N–H and O–H groups in total. The van der Waals surface area contributed by atoms with E-state index in [1.807, 2.05) is 0 Å². The maximum Gasteiger partial charge on any atom is 0.245 e. The third kappa shape index (κ3) is 61.5. The number of rotatable bonds is 66. The predicted octanol–water partition coefficient (Wildman–Crippen LogP) is 1.43. The maximum absolute atomic E-state index is 13.8. The van der Waals surface area contributed by atoms with Crippen LogP contribution in [0.2, 0.25) is 0 Å². The molecule has 0 spiro atoms. The first-order valence-corrected chi connectivity index (χ1v) is 32.2. The van der Waals surface area contributed by atoms with Crippen molar-refractivity contribution < 1.29 is 90.5 Å². The van der Waals surface area contributed by atoms with Gasteiger partial charge in [-0.25, -0.2) is 0 Å². The van der Waals surface area contributed by atoms with Gasteiger partial charge in [0.2, 0.25) is 53.2 Å². The van der Waals surface area contributed by atoms with Gasteiger partial charge in [-0.1, -0.05) is 12.8 Å². The zero-order chi connectivity index (χ0) is 65.3. The van der Waals surface area contributed by atoms with Gasteiger partial charge in [0.25, 0.3) is 0 Å². The van der Waals surface area contributed by atoms with E-state index in [2.05, 4.69) is 47.9 Å². The minimum Gasteiger partial charge on any atom is -0.385 e. The number of unbranched alkanes of at least 4 members (excludes halogenated alkanes) is 8. The van der Waals surface area contributed by atoms with Gasteiger partial charge in [0.1, 0.15) is 19.8 Å². The van der Waals surface area contributed by atoms with Crippen molar-refractivity contribution in [3.8, 4) is 0 Å². The van der Waals surface area contributed by atoms with Gasteiger partial charge in [-0.15, -0.1) is 0 Å². The molecule has 0 bridgehead atoms. The van der Waals surface area contributed by atoms with Crippen molar-refractivity contribution in [1.82, 2.24) is 47.9 Å². The molecule has 9 amide bonds. The second-order valence-electron chi connectivity index (χ2n) is 21.2. The standard InChI is InChI=1S/C61H115N9O19/c1-80-33-15-6-5-12-26-62-57(75)46-51(20-7-13-27-63-59(77)48-87-43-40-84-37-30-66-53(71)22-9-16-34-81-2)70-58(76)47-52(21-8-14-28-64-60(78)49-88-44-41-85-38-31-67-54(72)23-10-17-35-82-3)69-56(74)25-19-29-65-61(79)50-89-45-42-86-39-32-68-55(73)24-11-18-36-83-4/h51-52H,5-50H2,1-4H3,(H,62,75)(H,63,77)(H,64,78)(H,65,79)(H,66,71)(H,67,72)(H,68,73)(H,69,74)(H,70,76). The first-order valence-electron chi connectivity index (χ1n) is 32.2. The van der Waals surface area contributed by atoms with Crippen LogP contribution in [-0.4, -0.2) is 245 Å². The van der Waals surface area contributed by atoms with E-state index in [4.69, 9.17) is 47.4 Å². The Morgan fingerprint density at radius 1 is 0.247 bits per heavy atom. The van der Waals surface area contributed by atoms with Crippen molar-refractivity contribution in [2.24, 2.45) is 0 Å². The van der Waals surface area contributed by atoms with Crippen LogP contribution >= 0.6 is 0 Å². The lowest BCUT2D eigenvalue weighted by atomic mass is 10.0. The van der Waals surface area contributed by atoms with Crippen molar-refractivity contribution in [2.75, 3.05) is 180 Å². The zero-order valence-corrected chi connectivity index (χ0v) is 54.4. The van der Waals surface area contributed by atoms with Crippen LogP contribution in [0, 0.1) is 0 Å². The zero-order valence-electron chi connectivity index (χ0n) is 54.4. The summed E-state index contributed by atoms with van der Waals surface area (Å²) in [5.41, 5.74) is 0. The third-order valence-corrected chi connectivity index (χ3v) is 13.2. The molecule has 518 valence electrons. The number of ether oxygens (including phenoxy) is 10. The quantitative estimate of drug-likeness (QED) is 0.0389. The smallest absolute Gasteiger partial charge is 0.245 e. The molecule has 0 radical (unpaired) electrons. The summed E-state index contributed by atoms with van der Waals surface area (Å²) in [5, 5.41) is 25.8. The van der Waals surface area contributed by atoms with Crippen LogP contribution in [0.3, 0.4) is 0 Å². The lowest BCUT2D eigenvalue weighted by Gasteiger charge is -2.22. The molecular formula is C61H115N9O19. The van der Waals surface area contributed by atoms with Crippen LogP contribution in [0.4, 0.5) is 0 Å². The summed E-state index contributed by atoms with van der Waals surface area (Å²) in [6.07, 6.45) is 13.0. The van der Waals surface area contributed by atoms with E-state index in [1.165, 1.54) is 0 Å². The highest BCUT2D eigenvalue weighted by molar-refractivity contribution is 5.82. The van der Waals surface area contributed by atoms with E-state index < -0.39 is 12.1 Å². The molecule has 0 saturated carbocycles. The van der Waals surface area contributed by atoms with Gasteiger partial charge >= 0.3 is 0 Å². The number of hydrogen-bond acceptors (Lipinski definition) is 19. The van der Waals surface area contributed by atoms with Gasteiger partial charge in [-0.3, -0.25) is 43.2 Å². The fraction of sp³-hybridized carbons (Fsp3) is 0.852. The number of carbonyl (C=O) groups is 9. The topological polar surface area (TPSA) is 354 Å². The van der Waals surface area contributed by atoms with Gasteiger partial charge in [0, 0.05) is 151 Å². The van der Waals surface area contributed by atoms with E-state index in [0.717, 1.165) is 64.2 Å². The number of methoxy groups -OCH3 is 4. The summed E-state index contributed by atoms with van der Waals surface area (Å²) in [5.74, 6) is -1.99. The van der Waals surface area contributed by atoms with Crippen LogP contribution in [0.5, 0.6) is 0 Å². The maximum atomic E-state index is 13.8. The summed E-state index contributed by atoms with van der Waals surface area (Å²) >= 11 is 0. The molecule has 0 aromatic rings. The van der Waals surface area contributed by atoms with Crippen molar-refractivity contribution in [1.29, 1.82) is 0 Å². The molecule has 0 saturated heterocycles. The average molecular weight is 1280 g/mol. The fourth-order valence-electron chi connectivity index (χ4n) is 8.43. The molecule has 0 aliphatic heterocycles. The van der Waals surface area contributed by atoms with Crippen molar-refractivity contribution in [2.45, 2.75) is 160 Å². The van der Waals surface area contributed by atoms with Gasteiger partial charge in [-0.2, -0.15) is 0 Å². The molecule has 28 nitrogen and oxygen atoms in total. The second-order valence-corrected chi connectivity index (χ2v) is 21.2. The molecule has 89 heavy (non-hydrogen) atoms. The van der Waals surface area contributed by atoms with Crippen molar-refractivity contribution in [3.63, 3.8) is 0 Å². The highest BCUT2D eigenvalue weighted by Crippen LogP contribution is 2.10. The molecule has 0 rings (SSSR count). The molecule has 0 heterocycles. The molecule has 0 aliphatic carbocycles. The summed E-state index contributed by atoms with van der Waals surface area (Å²) in [6.45, 7) is 6.78. The first kappa shape index (κ1) is 83.8. The van der Waals surface area contributed by atoms with Crippen LogP contribution in [-0.2, 0) is 90.5 Å². The molecule has 0 aromatic carbocycles. The van der Waals surface area contributed by atoms with E-state index in [-0.39, 0.29) is 138 Å². The Labute approximate surface area is 529 Å². The molecule has 0 aliphatic rings.